The predicted octanol–water partition coefficient (Wildman–Crippen LogP) is 21.5. The second-order valence-electron chi connectivity index (χ2n) is 27.2. The van der Waals surface area contributed by atoms with E-state index in [0.29, 0.717) is 25.7 Å². The van der Waals surface area contributed by atoms with E-state index in [1.165, 1.54) is 199 Å². The summed E-state index contributed by atoms with van der Waals surface area (Å²) in [5.41, 5.74) is 0. The summed E-state index contributed by atoms with van der Waals surface area (Å²) in [5, 5.41) is 10.6. The quantitative estimate of drug-likeness (QED) is 0.0169. The van der Waals surface area contributed by atoms with E-state index in [2.05, 4.69) is 39.8 Å². The zero-order valence-electron chi connectivity index (χ0n) is 60.4. The van der Waals surface area contributed by atoms with Crippen molar-refractivity contribution in [1.82, 2.24) is 0 Å². The molecule has 0 amide bonds. The third-order valence-corrected chi connectivity index (χ3v) is 19.9. The first-order valence-corrected chi connectivity index (χ1v) is 41.9. The molecule has 94 heavy (non-hydrogen) atoms. The van der Waals surface area contributed by atoms with Crippen molar-refractivity contribution in [3.63, 3.8) is 0 Å². The van der Waals surface area contributed by atoms with Crippen molar-refractivity contribution in [2.75, 3.05) is 39.6 Å². The number of hydrogen-bond acceptors (Lipinski definition) is 15. The number of hydrogen-bond donors (Lipinski definition) is 3. The van der Waals surface area contributed by atoms with Crippen molar-refractivity contribution in [1.29, 1.82) is 0 Å². The number of phosphoric ester groups is 2. The van der Waals surface area contributed by atoms with Crippen LogP contribution in [0.1, 0.15) is 374 Å². The molecule has 1 aliphatic carbocycles. The van der Waals surface area contributed by atoms with Crippen LogP contribution in [0.5, 0.6) is 0 Å². The number of esters is 4. The molecule has 0 saturated heterocycles. The second-order valence-corrected chi connectivity index (χ2v) is 30.1. The molecule has 0 aromatic heterocycles. The molecule has 0 spiro atoms. The summed E-state index contributed by atoms with van der Waals surface area (Å²) >= 11 is 0. The standard InChI is InChI=1S/C75H142O17P2/c1-5-9-13-17-20-23-26-29-30-32-35-38-41-46-52-58-74(79)91-70(63-85-72(77)57-51-45-40-37-34-31-27-24-21-18-14-10-6-2)65-89-93(81,82)87-61-69(76)62-88-94(83,84)90-66-71(64-86-73(78)56-50-44-39-36-33-28-25-22-19-15-11-7-3)92-75(80)59-53-47-42-43-49-55-68-60-67(68)54-48-16-12-8-4/h29-30,67-71,76H,5-28,31-66H2,1-4H3,(H,81,82)(H,83,84). The Hall–Kier alpha value is -2.20. The fourth-order valence-corrected chi connectivity index (χ4v) is 13.4. The largest absolute Gasteiger partial charge is 0.472 e. The van der Waals surface area contributed by atoms with Crippen molar-refractivity contribution in [3.05, 3.63) is 12.2 Å². The van der Waals surface area contributed by atoms with E-state index in [9.17, 15) is 43.2 Å². The first-order chi connectivity index (χ1) is 45.6. The third kappa shape index (κ3) is 60.9. The molecular weight excluding hydrogens is 1230 g/mol. The third-order valence-electron chi connectivity index (χ3n) is 18.0. The van der Waals surface area contributed by atoms with Gasteiger partial charge in [-0.25, -0.2) is 9.13 Å². The summed E-state index contributed by atoms with van der Waals surface area (Å²) in [5.74, 6) is -0.340. The molecule has 19 heteroatoms. The Kier molecular flexibility index (Phi) is 61.3. The number of rotatable bonds is 73. The van der Waals surface area contributed by atoms with Gasteiger partial charge in [-0.15, -0.1) is 0 Å². The van der Waals surface area contributed by atoms with Crippen molar-refractivity contribution in [2.45, 2.75) is 393 Å². The number of aliphatic hydroxyl groups excluding tert-OH is 1. The Bertz CT molecular complexity index is 1910. The van der Waals surface area contributed by atoms with Crippen LogP contribution >= 0.6 is 15.6 Å². The zero-order chi connectivity index (χ0) is 68.7. The topological polar surface area (TPSA) is 237 Å². The smallest absolute Gasteiger partial charge is 0.462 e. The molecule has 0 aliphatic heterocycles. The van der Waals surface area contributed by atoms with Gasteiger partial charge in [0.05, 0.1) is 26.4 Å². The van der Waals surface area contributed by atoms with Gasteiger partial charge in [-0.1, -0.05) is 303 Å². The highest BCUT2D eigenvalue weighted by atomic mass is 31.2. The molecule has 0 aromatic rings. The number of ether oxygens (including phenoxy) is 4. The van der Waals surface area contributed by atoms with Crippen LogP contribution < -0.4 is 0 Å². The number of carbonyl (C=O) groups is 4. The number of unbranched alkanes of at least 4 members (excludes halogenated alkanes) is 41. The maximum absolute atomic E-state index is 13.1. The second kappa shape index (κ2) is 64.2. The van der Waals surface area contributed by atoms with Crippen LogP contribution in [0.3, 0.4) is 0 Å². The summed E-state index contributed by atoms with van der Waals surface area (Å²) in [6, 6.07) is 0. The normalized spacial score (nSPS) is 16.2. The molecule has 0 aromatic carbocycles. The highest BCUT2D eigenvalue weighted by Crippen LogP contribution is 2.47. The fraction of sp³-hybridized carbons (Fsp3) is 0.920. The van der Waals surface area contributed by atoms with Crippen molar-refractivity contribution in [3.8, 4) is 0 Å². The maximum atomic E-state index is 13.1. The minimum absolute atomic E-state index is 0.0955. The van der Waals surface area contributed by atoms with Crippen molar-refractivity contribution in [2.24, 2.45) is 11.8 Å². The lowest BCUT2D eigenvalue weighted by molar-refractivity contribution is -0.161. The van der Waals surface area contributed by atoms with E-state index in [0.717, 1.165) is 108 Å². The predicted molar refractivity (Wildman–Crippen MR) is 379 cm³/mol. The van der Waals surface area contributed by atoms with Crippen LogP contribution in [0.25, 0.3) is 0 Å². The average molecular weight is 1380 g/mol. The molecule has 1 rings (SSSR count). The maximum Gasteiger partial charge on any atom is 0.472 e. The van der Waals surface area contributed by atoms with E-state index >= 15 is 0 Å². The van der Waals surface area contributed by atoms with Crippen LogP contribution in [-0.4, -0.2) is 96.7 Å². The van der Waals surface area contributed by atoms with E-state index < -0.39 is 97.5 Å². The van der Waals surface area contributed by atoms with E-state index in [1.807, 2.05) is 0 Å². The summed E-state index contributed by atoms with van der Waals surface area (Å²) in [4.78, 5) is 72.8. The summed E-state index contributed by atoms with van der Waals surface area (Å²) in [6.07, 6.45) is 58.2. The van der Waals surface area contributed by atoms with E-state index in [1.54, 1.807) is 0 Å². The van der Waals surface area contributed by atoms with Crippen molar-refractivity contribution < 1.29 is 80.2 Å². The Morgan fingerprint density at radius 1 is 0.340 bits per heavy atom. The minimum atomic E-state index is -4.96. The van der Waals surface area contributed by atoms with E-state index in [4.69, 9.17) is 37.0 Å². The monoisotopic (exact) mass is 1380 g/mol. The Balaban J connectivity index is 2.71. The van der Waals surface area contributed by atoms with Gasteiger partial charge in [0.1, 0.15) is 19.3 Å². The Labute approximate surface area is 573 Å². The molecule has 7 atom stereocenters. The van der Waals surface area contributed by atoms with E-state index in [-0.39, 0.29) is 25.7 Å². The Morgan fingerprint density at radius 2 is 0.585 bits per heavy atom. The molecule has 3 N–H and O–H groups in total. The van der Waals surface area contributed by atoms with Gasteiger partial charge in [0, 0.05) is 25.7 Å². The molecular formula is C75H142O17P2. The van der Waals surface area contributed by atoms with Gasteiger partial charge in [0.15, 0.2) is 12.2 Å². The molecule has 0 heterocycles. The van der Waals surface area contributed by atoms with Gasteiger partial charge >= 0.3 is 39.5 Å². The fourth-order valence-electron chi connectivity index (χ4n) is 11.9. The number of phosphoric acid groups is 2. The van der Waals surface area contributed by atoms with Crippen LogP contribution in [0.15, 0.2) is 12.2 Å². The van der Waals surface area contributed by atoms with Gasteiger partial charge in [0.2, 0.25) is 0 Å². The van der Waals surface area contributed by atoms with Gasteiger partial charge in [-0.05, 0) is 69.6 Å². The highest BCUT2D eigenvalue weighted by molar-refractivity contribution is 7.47. The van der Waals surface area contributed by atoms with Crippen LogP contribution in [0.4, 0.5) is 0 Å². The molecule has 7 unspecified atom stereocenters. The molecule has 17 nitrogen and oxygen atoms in total. The summed E-state index contributed by atoms with van der Waals surface area (Å²) in [7, 11) is -9.91. The molecule has 1 saturated carbocycles. The first kappa shape index (κ1) is 89.8. The Morgan fingerprint density at radius 3 is 0.894 bits per heavy atom. The highest BCUT2D eigenvalue weighted by Gasteiger charge is 2.35. The van der Waals surface area contributed by atoms with Crippen LogP contribution in [0, 0.1) is 11.8 Å². The number of aliphatic hydroxyl groups is 1. The van der Waals surface area contributed by atoms with Crippen molar-refractivity contribution >= 4 is 39.5 Å². The summed E-state index contributed by atoms with van der Waals surface area (Å²) < 4.78 is 68.6. The summed E-state index contributed by atoms with van der Waals surface area (Å²) in [6.45, 7) is 4.98. The van der Waals surface area contributed by atoms with Gasteiger partial charge in [-0.3, -0.25) is 37.3 Å². The number of carbonyl (C=O) groups excluding carboxylic acids is 4. The molecule has 1 fully saturated rings. The van der Waals surface area contributed by atoms with Crippen LogP contribution in [-0.2, 0) is 65.4 Å². The first-order valence-electron chi connectivity index (χ1n) is 38.9. The zero-order valence-corrected chi connectivity index (χ0v) is 62.2. The molecule has 554 valence electrons. The van der Waals surface area contributed by atoms with Gasteiger partial charge in [0.25, 0.3) is 0 Å². The van der Waals surface area contributed by atoms with Crippen LogP contribution in [0.2, 0.25) is 0 Å². The molecule has 0 radical (unpaired) electrons. The lowest BCUT2D eigenvalue weighted by Crippen LogP contribution is -2.30. The minimum Gasteiger partial charge on any atom is -0.462 e. The lowest BCUT2D eigenvalue weighted by Gasteiger charge is -2.21. The van der Waals surface area contributed by atoms with Gasteiger partial charge in [-0.2, -0.15) is 0 Å². The lowest BCUT2D eigenvalue weighted by atomic mass is 10.0. The van der Waals surface area contributed by atoms with Gasteiger partial charge < -0.3 is 33.8 Å². The molecule has 1 aliphatic rings. The molecule has 0 bridgehead atoms. The number of allylic oxidation sites excluding steroid dienone is 2. The SMILES string of the molecule is CCCCCCCCC=CCCCCCCCC(=O)OC(COC(=O)CCCCCCCCCCCCCCC)COP(=O)(O)OCC(O)COP(=O)(O)OCC(COC(=O)CCCCCCCCCCCCCC)OC(=O)CCCCCCCC1CC1CCCCCC. The average Bonchev–Trinajstić information content (AvgIpc) is 1.80.